The molecule has 1 heterocycles. The van der Waals surface area contributed by atoms with Crippen LogP contribution in [0.15, 0.2) is 16.6 Å². The molecule has 3 rings (SSSR count). The van der Waals surface area contributed by atoms with Gasteiger partial charge in [0.2, 0.25) is 0 Å². The summed E-state index contributed by atoms with van der Waals surface area (Å²) in [4.78, 5) is 4.45. The number of rotatable bonds is 2. The average molecular weight is 318 g/mol. The fraction of sp³-hybridized carbons (Fsp3) is 0.417. The quantitative estimate of drug-likeness (QED) is 0.742. The van der Waals surface area contributed by atoms with Gasteiger partial charge in [0, 0.05) is 12.1 Å². The van der Waals surface area contributed by atoms with Gasteiger partial charge in [0.15, 0.2) is 0 Å². The molecule has 0 spiro atoms. The van der Waals surface area contributed by atoms with Crippen molar-refractivity contribution in [1.29, 1.82) is 0 Å². The summed E-state index contributed by atoms with van der Waals surface area (Å²) in [5.41, 5.74) is 1.64. The summed E-state index contributed by atoms with van der Waals surface area (Å²) in [6.45, 7) is 1.90. The van der Waals surface area contributed by atoms with Crippen LogP contribution >= 0.6 is 27.5 Å². The number of hydrogen-bond acceptors (Lipinski definition) is 1. The van der Waals surface area contributed by atoms with Gasteiger partial charge in [-0.25, -0.2) is 9.37 Å². The molecule has 17 heavy (non-hydrogen) atoms. The maximum atomic E-state index is 13.5. The summed E-state index contributed by atoms with van der Waals surface area (Å²) in [6, 6.07) is 3.73. The molecule has 1 aliphatic carbocycles. The molecule has 0 radical (unpaired) electrons. The summed E-state index contributed by atoms with van der Waals surface area (Å²) < 4.78 is 16.1. The van der Waals surface area contributed by atoms with Gasteiger partial charge in [-0.2, -0.15) is 0 Å². The molecule has 90 valence electrons. The second-order valence-corrected chi connectivity index (χ2v) is 5.95. The molecule has 0 amide bonds. The smallest absolute Gasteiger partial charge is 0.139 e. The van der Waals surface area contributed by atoms with E-state index < -0.39 is 0 Å². The van der Waals surface area contributed by atoms with Crippen molar-refractivity contribution in [2.45, 2.75) is 31.2 Å². The lowest BCUT2D eigenvalue weighted by Crippen LogP contribution is -2.01. The first-order chi connectivity index (χ1) is 8.08. The van der Waals surface area contributed by atoms with E-state index in [-0.39, 0.29) is 11.2 Å². The monoisotopic (exact) mass is 316 g/mol. The SMILES string of the molecule is CC(Cl)c1nc2cc(F)c(Br)cc2n1C1CC1. The normalized spacial score (nSPS) is 17.6. The van der Waals surface area contributed by atoms with Crippen molar-refractivity contribution >= 4 is 38.6 Å². The number of alkyl halides is 1. The molecule has 2 aromatic rings. The van der Waals surface area contributed by atoms with Crippen LogP contribution in [0.1, 0.15) is 37.0 Å². The highest BCUT2D eigenvalue weighted by Gasteiger charge is 2.29. The molecular weight excluding hydrogens is 307 g/mol. The van der Waals surface area contributed by atoms with Gasteiger partial charge in [-0.05, 0) is 41.8 Å². The standard InChI is InChI=1S/C12H11BrClFN2/c1-6(14)12-16-10-5-9(15)8(13)4-11(10)17(12)7-2-3-7/h4-7H,2-3H2,1H3. The van der Waals surface area contributed by atoms with Crippen molar-refractivity contribution in [3.05, 3.63) is 28.2 Å². The molecular formula is C12H11BrClFN2. The highest BCUT2D eigenvalue weighted by atomic mass is 79.9. The molecule has 0 N–H and O–H groups in total. The van der Waals surface area contributed by atoms with E-state index in [4.69, 9.17) is 11.6 Å². The molecule has 1 aromatic carbocycles. The summed E-state index contributed by atoms with van der Waals surface area (Å²) in [5, 5.41) is -0.162. The minimum atomic E-state index is -0.285. The maximum Gasteiger partial charge on any atom is 0.139 e. The van der Waals surface area contributed by atoms with E-state index in [9.17, 15) is 4.39 Å². The second-order valence-electron chi connectivity index (χ2n) is 4.44. The van der Waals surface area contributed by atoms with E-state index in [1.807, 2.05) is 6.92 Å². The Morgan fingerprint density at radius 3 is 2.82 bits per heavy atom. The van der Waals surface area contributed by atoms with Crippen molar-refractivity contribution in [1.82, 2.24) is 9.55 Å². The van der Waals surface area contributed by atoms with E-state index in [1.165, 1.54) is 6.07 Å². The first-order valence-electron chi connectivity index (χ1n) is 5.59. The number of halogens is 3. The van der Waals surface area contributed by atoms with Crippen LogP contribution in [0.5, 0.6) is 0 Å². The Morgan fingerprint density at radius 2 is 2.24 bits per heavy atom. The molecule has 1 unspecified atom stereocenters. The zero-order valence-corrected chi connectivity index (χ0v) is 11.6. The van der Waals surface area contributed by atoms with Gasteiger partial charge >= 0.3 is 0 Å². The Morgan fingerprint density at radius 1 is 1.53 bits per heavy atom. The Labute approximate surface area is 112 Å². The minimum absolute atomic E-state index is 0.162. The van der Waals surface area contributed by atoms with Crippen LogP contribution in [0.25, 0.3) is 11.0 Å². The molecule has 1 atom stereocenters. The van der Waals surface area contributed by atoms with Gasteiger partial charge < -0.3 is 4.57 Å². The van der Waals surface area contributed by atoms with E-state index in [2.05, 4.69) is 25.5 Å². The number of fused-ring (bicyclic) bond motifs is 1. The van der Waals surface area contributed by atoms with Crippen LogP contribution in [0, 0.1) is 5.82 Å². The Hall–Kier alpha value is -0.610. The number of hydrogen-bond donors (Lipinski definition) is 0. The fourth-order valence-corrected chi connectivity index (χ4v) is 2.59. The number of aromatic nitrogens is 2. The molecule has 0 aliphatic heterocycles. The Bertz CT molecular complexity index is 590. The third kappa shape index (κ3) is 1.87. The van der Waals surface area contributed by atoms with Gasteiger partial charge in [-0.15, -0.1) is 11.6 Å². The van der Waals surface area contributed by atoms with Crippen LogP contribution < -0.4 is 0 Å². The van der Waals surface area contributed by atoms with E-state index in [0.29, 0.717) is 16.0 Å². The minimum Gasteiger partial charge on any atom is -0.324 e. The lowest BCUT2D eigenvalue weighted by molar-refractivity contribution is 0.622. The number of benzene rings is 1. The molecule has 1 aliphatic rings. The van der Waals surface area contributed by atoms with Crippen LogP contribution in [0.2, 0.25) is 0 Å². The van der Waals surface area contributed by atoms with Gasteiger partial charge in [0.25, 0.3) is 0 Å². The predicted molar refractivity (Wildman–Crippen MR) is 69.9 cm³/mol. The van der Waals surface area contributed by atoms with Crippen LogP contribution in [-0.2, 0) is 0 Å². The lowest BCUT2D eigenvalue weighted by Gasteiger charge is -2.08. The van der Waals surface area contributed by atoms with Crippen molar-refractivity contribution in [3.8, 4) is 0 Å². The van der Waals surface area contributed by atoms with E-state index in [0.717, 1.165) is 24.2 Å². The Balaban J connectivity index is 2.31. The molecule has 1 fully saturated rings. The molecule has 5 heteroatoms. The van der Waals surface area contributed by atoms with Gasteiger partial charge in [0.05, 0.1) is 20.9 Å². The summed E-state index contributed by atoms with van der Waals surface area (Å²) in [6.07, 6.45) is 2.30. The zero-order valence-electron chi connectivity index (χ0n) is 9.25. The Kier molecular flexibility index (Phi) is 2.67. The highest BCUT2D eigenvalue weighted by Crippen LogP contribution is 2.41. The summed E-state index contributed by atoms with van der Waals surface area (Å²) in [7, 11) is 0. The van der Waals surface area contributed by atoms with Crippen molar-refractivity contribution in [2.24, 2.45) is 0 Å². The fourth-order valence-electron chi connectivity index (χ4n) is 2.11. The first-order valence-corrected chi connectivity index (χ1v) is 6.82. The van der Waals surface area contributed by atoms with Crippen molar-refractivity contribution < 1.29 is 4.39 Å². The van der Waals surface area contributed by atoms with Gasteiger partial charge in [-0.3, -0.25) is 0 Å². The van der Waals surface area contributed by atoms with Gasteiger partial charge in [0.1, 0.15) is 11.6 Å². The summed E-state index contributed by atoms with van der Waals surface area (Å²) in [5.74, 6) is 0.549. The van der Waals surface area contributed by atoms with Crippen LogP contribution in [-0.4, -0.2) is 9.55 Å². The lowest BCUT2D eigenvalue weighted by atomic mass is 10.3. The van der Waals surface area contributed by atoms with Crippen molar-refractivity contribution in [3.63, 3.8) is 0 Å². The molecule has 2 nitrogen and oxygen atoms in total. The van der Waals surface area contributed by atoms with Crippen LogP contribution in [0.3, 0.4) is 0 Å². The number of imidazole rings is 1. The first kappa shape index (κ1) is 11.5. The predicted octanol–water partition coefficient (Wildman–Crippen LogP) is 4.57. The summed E-state index contributed by atoms with van der Waals surface area (Å²) >= 11 is 9.36. The molecule has 1 saturated carbocycles. The van der Waals surface area contributed by atoms with E-state index in [1.54, 1.807) is 6.07 Å². The van der Waals surface area contributed by atoms with Gasteiger partial charge in [-0.1, -0.05) is 0 Å². The topological polar surface area (TPSA) is 17.8 Å². The molecule has 0 saturated heterocycles. The number of nitrogens with zero attached hydrogens (tertiary/aromatic N) is 2. The third-order valence-corrected chi connectivity index (χ3v) is 3.83. The highest BCUT2D eigenvalue weighted by molar-refractivity contribution is 9.10. The van der Waals surface area contributed by atoms with Crippen LogP contribution in [0.4, 0.5) is 4.39 Å². The van der Waals surface area contributed by atoms with Crippen molar-refractivity contribution in [2.75, 3.05) is 0 Å². The maximum absolute atomic E-state index is 13.5. The molecule has 0 bridgehead atoms. The molecule has 1 aromatic heterocycles. The third-order valence-electron chi connectivity index (χ3n) is 3.03. The zero-order chi connectivity index (χ0) is 12.2. The largest absolute Gasteiger partial charge is 0.324 e. The van der Waals surface area contributed by atoms with E-state index >= 15 is 0 Å². The second kappa shape index (κ2) is 3.95. The average Bonchev–Trinajstić information content (AvgIpc) is 3.02.